The van der Waals surface area contributed by atoms with Crippen LogP contribution >= 0.6 is 11.6 Å². The molecule has 0 saturated heterocycles. The van der Waals surface area contributed by atoms with Crippen LogP contribution in [0.2, 0.25) is 5.02 Å². The quantitative estimate of drug-likeness (QED) is 0.851. The molecule has 0 aliphatic rings. The van der Waals surface area contributed by atoms with E-state index in [0.717, 1.165) is 0 Å². The summed E-state index contributed by atoms with van der Waals surface area (Å²) in [7, 11) is 0. The number of halogens is 1. The average molecular weight is 249 g/mol. The molecule has 0 bridgehead atoms. The Labute approximate surface area is 103 Å². The number of rotatable bonds is 2. The van der Waals surface area contributed by atoms with Crippen molar-refractivity contribution < 1.29 is 4.79 Å². The van der Waals surface area contributed by atoms with Crippen molar-refractivity contribution in [2.45, 2.75) is 0 Å². The molecule has 0 spiro atoms. The van der Waals surface area contributed by atoms with E-state index < -0.39 is 5.91 Å². The Balaban J connectivity index is 2.24. The number of hydrogen-bond acceptors (Lipinski definition) is 4. The molecular formula is C11H9ClN4O. The van der Waals surface area contributed by atoms with Crippen LogP contribution in [0.15, 0.2) is 36.8 Å². The lowest BCUT2D eigenvalue weighted by Gasteiger charge is -2.06. The summed E-state index contributed by atoms with van der Waals surface area (Å²) in [5.41, 5.74) is 6.30. The van der Waals surface area contributed by atoms with Crippen LogP contribution in [0.3, 0.4) is 0 Å². The minimum absolute atomic E-state index is 0.286. The molecule has 0 unspecified atom stereocenters. The second-order valence-corrected chi connectivity index (χ2v) is 3.66. The molecule has 6 heteroatoms. The number of amides is 1. The standard InChI is InChI=1S/C11H9ClN4O/c12-8-2-1-4-15-10(8)16-11(17)7-6-14-5-3-9(7)13/h1-6H,(H2,13,14)(H,15,16,17). The van der Waals surface area contributed by atoms with Gasteiger partial charge in [-0.25, -0.2) is 4.98 Å². The van der Waals surface area contributed by atoms with Gasteiger partial charge in [-0.15, -0.1) is 0 Å². The third-order valence-corrected chi connectivity index (χ3v) is 2.39. The highest BCUT2D eigenvalue weighted by Gasteiger charge is 2.11. The van der Waals surface area contributed by atoms with E-state index in [4.69, 9.17) is 17.3 Å². The highest BCUT2D eigenvalue weighted by Crippen LogP contribution is 2.19. The number of nitrogen functional groups attached to an aromatic ring is 1. The highest BCUT2D eigenvalue weighted by molar-refractivity contribution is 6.33. The summed E-state index contributed by atoms with van der Waals surface area (Å²) in [4.78, 5) is 19.6. The summed E-state index contributed by atoms with van der Waals surface area (Å²) < 4.78 is 0. The molecule has 2 aromatic heterocycles. The zero-order chi connectivity index (χ0) is 12.3. The summed E-state index contributed by atoms with van der Waals surface area (Å²) in [6, 6.07) is 4.86. The number of nitrogens with zero attached hydrogens (tertiary/aromatic N) is 2. The van der Waals surface area contributed by atoms with E-state index in [1.54, 1.807) is 18.2 Å². The lowest BCUT2D eigenvalue weighted by molar-refractivity contribution is 0.102. The summed E-state index contributed by atoms with van der Waals surface area (Å²) in [6.45, 7) is 0. The molecule has 0 radical (unpaired) electrons. The number of aromatic nitrogens is 2. The number of anilines is 2. The predicted octanol–water partition coefficient (Wildman–Crippen LogP) is 1.96. The van der Waals surface area contributed by atoms with Gasteiger partial charge in [0.15, 0.2) is 5.82 Å². The average Bonchev–Trinajstić information content (AvgIpc) is 2.32. The maximum Gasteiger partial charge on any atom is 0.260 e. The highest BCUT2D eigenvalue weighted by atomic mass is 35.5. The fourth-order valence-electron chi connectivity index (χ4n) is 1.25. The number of carbonyl (C=O) groups excluding carboxylic acids is 1. The first-order valence-electron chi connectivity index (χ1n) is 4.80. The Hall–Kier alpha value is -2.14. The minimum Gasteiger partial charge on any atom is -0.398 e. The Morgan fingerprint density at radius 3 is 2.88 bits per heavy atom. The van der Waals surface area contributed by atoms with Gasteiger partial charge in [-0.1, -0.05) is 11.6 Å². The van der Waals surface area contributed by atoms with Crippen molar-refractivity contribution in [2.24, 2.45) is 0 Å². The number of pyridine rings is 2. The zero-order valence-electron chi connectivity index (χ0n) is 8.72. The first-order chi connectivity index (χ1) is 8.18. The third-order valence-electron chi connectivity index (χ3n) is 2.09. The Kier molecular flexibility index (Phi) is 3.20. The van der Waals surface area contributed by atoms with Crippen molar-refractivity contribution in [3.8, 4) is 0 Å². The molecule has 0 aliphatic heterocycles. The van der Waals surface area contributed by atoms with Crippen molar-refractivity contribution in [1.82, 2.24) is 9.97 Å². The van der Waals surface area contributed by atoms with E-state index >= 15 is 0 Å². The van der Waals surface area contributed by atoms with Crippen LogP contribution in [0.1, 0.15) is 10.4 Å². The van der Waals surface area contributed by atoms with Gasteiger partial charge in [0, 0.05) is 24.3 Å². The molecule has 0 fully saturated rings. The Morgan fingerprint density at radius 2 is 2.18 bits per heavy atom. The molecule has 86 valence electrons. The summed E-state index contributed by atoms with van der Waals surface area (Å²) in [5, 5.41) is 2.93. The fourth-order valence-corrected chi connectivity index (χ4v) is 1.42. The van der Waals surface area contributed by atoms with E-state index in [0.29, 0.717) is 16.5 Å². The van der Waals surface area contributed by atoms with Gasteiger partial charge < -0.3 is 11.1 Å². The van der Waals surface area contributed by atoms with Crippen molar-refractivity contribution in [2.75, 3.05) is 11.1 Å². The van der Waals surface area contributed by atoms with Gasteiger partial charge in [0.2, 0.25) is 0 Å². The van der Waals surface area contributed by atoms with Crippen LogP contribution in [-0.2, 0) is 0 Å². The maximum absolute atomic E-state index is 11.9. The van der Waals surface area contributed by atoms with E-state index in [1.807, 2.05) is 0 Å². The topological polar surface area (TPSA) is 80.9 Å². The predicted molar refractivity (Wildman–Crippen MR) is 65.8 cm³/mol. The van der Waals surface area contributed by atoms with Crippen LogP contribution in [0.5, 0.6) is 0 Å². The second-order valence-electron chi connectivity index (χ2n) is 3.25. The van der Waals surface area contributed by atoms with Crippen molar-refractivity contribution >= 4 is 29.0 Å². The van der Waals surface area contributed by atoms with Crippen LogP contribution < -0.4 is 11.1 Å². The molecule has 0 atom stereocenters. The van der Waals surface area contributed by atoms with Crippen LogP contribution in [-0.4, -0.2) is 15.9 Å². The molecule has 17 heavy (non-hydrogen) atoms. The van der Waals surface area contributed by atoms with Crippen LogP contribution in [0, 0.1) is 0 Å². The van der Waals surface area contributed by atoms with Gasteiger partial charge in [0.25, 0.3) is 5.91 Å². The first-order valence-corrected chi connectivity index (χ1v) is 5.17. The molecule has 1 amide bonds. The largest absolute Gasteiger partial charge is 0.398 e. The van der Waals surface area contributed by atoms with E-state index in [1.165, 1.54) is 18.6 Å². The van der Waals surface area contributed by atoms with Crippen LogP contribution in [0.4, 0.5) is 11.5 Å². The second kappa shape index (κ2) is 4.80. The van der Waals surface area contributed by atoms with E-state index in [-0.39, 0.29) is 5.56 Å². The molecule has 0 aromatic carbocycles. The van der Waals surface area contributed by atoms with Gasteiger partial charge in [-0.3, -0.25) is 9.78 Å². The Morgan fingerprint density at radius 1 is 1.35 bits per heavy atom. The fraction of sp³-hybridized carbons (Fsp3) is 0. The van der Waals surface area contributed by atoms with Gasteiger partial charge in [-0.2, -0.15) is 0 Å². The van der Waals surface area contributed by atoms with Crippen molar-refractivity contribution in [1.29, 1.82) is 0 Å². The Bertz CT molecular complexity index is 559. The SMILES string of the molecule is Nc1ccncc1C(=O)Nc1ncccc1Cl. The molecule has 0 saturated carbocycles. The maximum atomic E-state index is 11.9. The molecule has 0 aliphatic carbocycles. The normalized spacial score (nSPS) is 9.94. The number of nitrogens with one attached hydrogen (secondary N) is 1. The number of carbonyl (C=O) groups is 1. The van der Waals surface area contributed by atoms with Crippen LogP contribution in [0.25, 0.3) is 0 Å². The summed E-state index contributed by atoms with van der Waals surface area (Å²) >= 11 is 5.87. The zero-order valence-corrected chi connectivity index (χ0v) is 9.48. The van der Waals surface area contributed by atoms with Gasteiger partial charge in [-0.05, 0) is 18.2 Å². The van der Waals surface area contributed by atoms with Gasteiger partial charge in [0.05, 0.1) is 10.6 Å². The lowest BCUT2D eigenvalue weighted by atomic mass is 10.2. The minimum atomic E-state index is -0.392. The van der Waals surface area contributed by atoms with E-state index in [9.17, 15) is 4.79 Å². The van der Waals surface area contributed by atoms with E-state index in [2.05, 4.69) is 15.3 Å². The number of nitrogens with two attached hydrogens (primary N) is 1. The monoisotopic (exact) mass is 248 g/mol. The molecular weight excluding hydrogens is 240 g/mol. The summed E-state index contributed by atoms with van der Waals surface area (Å²) in [6.07, 6.45) is 4.44. The van der Waals surface area contributed by atoms with Gasteiger partial charge >= 0.3 is 0 Å². The smallest absolute Gasteiger partial charge is 0.260 e. The number of hydrogen-bond donors (Lipinski definition) is 2. The van der Waals surface area contributed by atoms with Crippen molar-refractivity contribution in [3.05, 3.63) is 47.4 Å². The van der Waals surface area contributed by atoms with Gasteiger partial charge in [0.1, 0.15) is 0 Å². The molecule has 2 rings (SSSR count). The molecule has 5 nitrogen and oxygen atoms in total. The first kappa shape index (κ1) is 11.3. The third kappa shape index (κ3) is 2.51. The molecule has 2 aromatic rings. The summed E-state index contributed by atoms with van der Waals surface area (Å²) in [5.74, 6) is -0.0985. The lowest BCUT2D eigenvalue weighted by Crippen LogP contribution is -2.15. The van der Waals surface area contributed by atoms with Crippen molar-refractivity contribution in [3.63, 3.8) is 0 Å². The molecule has 3 N–H and O–H groups in total. The molecule has 2 heterocycles.